The quantitative estimate of drug-likeness (QED) is 0.526. The molecular weight excluding hydrogens is 226 g/mol. The number of amides is 1. The first-order chi connectivity index (χ1) is 7.84. The summed E-state index contributed by atoms with van der Waals surface area (Å²) in [6.07, 6.45) is -3.30. The van der Waals surface area contributed by atoms with Gasteiger partial charge in [0.1, 0.15) is 11.9 Å². The lowest BCUT2D eigenvalue weighted by Gasteiger charge is -2.16. The number of ketones is 1. The second kappa shape index (κ2) is 4.94. The summed E-state index contributed by atoms with van der Waals surface area (Å²) < 4.78 is 0. The van der Waals surface area contributed by atoms with Crippen LogP contribution in [0.3, 0.4) is 0 Å². The Morgan fingerprint density at radius 2 is 1.88 bits per heavy atom. The molecule has 5 N–H and O–H groups in total. The molecule has 1 amide bonds. The average molecular weight is 239 g/mol. The summed E-state index contributed by atoms with van der Waals surface area (Å²) in [5, 5.41) is 28.3. The largest absolute Gasteiger partial charge is 0.507 e. The van der Waals surface area contributed by atoms with Gasteiger partial charge in [0.15, 0.2) is 11.9 Å². The molecule has 0 radical (unpaired) electrons. The van der Waals surface area contributed by atoms with E-state index in [1.165, 1.54) is 25.1 Å². The second-order valence-electron chi connectivity index (χ2n) is 3.62. The third-order valence-electron chi connectivity index (χ3n) is 2.33. The molecule has 1 aromatic rings. The number of carbonyl (C=O) groups is 2. The minimum atomic E-state index is -1.76. The van der Waals surface area contributed by atoms with Crippen molar-refractivity contribution < 1.29 is 24.9 Å². The van der Waals surface area contributed by atoms with Crippen LogP contribution >= 0.6 is 0 Å². The summed E-state index contributed by atoms with van der Waals surface area (Å²) in [6, 6.07) is 3.69. The highest BCUT2D eigenvalue weighted by molar-refractivity contribution is 5.96. The number of nitrogens with two attached hydrogens (primary N) is 1. The van der Waals surface area contributed by atoms with Crippen LogP contribution in [0.25, 0.3) is 0 Å². The fourth-order valence-corrected chi connectivity index (χ4v) is 1.36. The summed E-state index contributed by atoms with van der Waals surface area (Å²) >= 11 is 0. The molecule has 92 valence electrons. The van der Waals surface area contributed by atoms with Gasteiger partial charge in [-0.2, -0.15) is 0 Å². The number of rotatable bonds is 4. The van der Waals surface area contributed by atoms with Crippen LogP contribution in [0.2, 0.25) is 0 Å². The highest BCUT2D eigenvalue weighted by atomic mass is 16.3. The van der Waals surface area contributed by atoms with Crippen LogP contribution in [-0.2, 0) is 4.79 Å². The smallest absolute Gasteiger partial charge is 0.249 e. The van der Waals surface area contributed by atoms with Gasteiger partial charge in [-0.3, -0.25) is 9.59 Å². The van der Waals surface area contributed by atoms with Crippen LogP contribution in [0.1, 0.15) is 28.9 Å². The SMILES string of the molecule is CC(=O)c1cc(C(O)C(O)C(N)=O)ccc1O. The van der Waals surface area contributed by atoms with Crippen molar-refractivity contribution in [3.8, 4) is 5.75 Å². The highest BCUT2D eigenvalue weighted by Gasteiger charge is 2.24. The summed E-state index contributed by atoms with van der Waals surface area (Å²) in [5.41, 5.74) is 4.96. The van der Waals surface area contributed by atoms with E-state index < -0.39 is 23.9 Å². The number of phenols is 1. The zero-order valence-electron chi connectivity index (χ0n) is 9.12. The van der Waals surface area contributed by atoms with Gasteiger partial charge in [-0.25, -0.2) is 0 Å². The standard InChI is InChI=1S/C11H13NO5/c1-5(13)7-4-6(2-3-8(7)14)9(15)10(16)11(12)17/h2-4,9-10,14-16H,1H3,(H2,12,17). The Morgan fingerprint density at radius 3 is 2.35 bits per heavy atom. The van der Waals surface area contributed by atoms with E-state index in [2.05, 4.69) is 0 Å². The molecule has 0 heterocycles. The van der Waals surface area contributed by atoms with Gasteiger partial charge < -0.3 is 21.1 Å². The number of hydrogen-bond acceptors (Lipinski definition) is 5. The molecule has 0 saturated heterocycles. The second-order valence-corrected chi connectivity index (χ2v) is 3.62. The molecule has 0 aliphatic heterocycles. The monoisotopic (exact) mass is 239 g/mol. The minimum Gasteiger partial charge on any atom is -0.507 e. The van der Waals surface area contributed by atoms with E-state index in [0.29, 0.717) is 0 Å². The maximum Gasteiger partial charge on any atom is 0.249 e. The molecule has 2 atom stereocenters. The number of benzene rings is 1. The molecule has 0 aliphatic rings. The average Bonchev–Trinajstić information content (AvgIpc) is 2.27. The van der Waals surface area contributed by atoms with Crippen molar-refractivity contribution in [1.82, 2.24) is 0 Å². The molecule has 0 fully saturated rings. The zero-order valence-corrected chi connectivity index (χ0v) is 9.12. The van der Waals surface area contributed by atoms with Gasteiger partial charge in [-0.05, 0) is 24.6 Å². The van der Waals surface area contributed by atoms with Gasteiger partial charge in [0, 0.05) is 0 Å². The molecule has 0 spiro atoms. The first kappa shape index (κ1) is 13.1. The number of aliphatic hydroxyl groups is 2. The summed E-state index contributed by atoms with van der Waals surface area (Å²) in [7, 11) is 0. The van der Waals surface area contributed by atoms with E-state index >= 15 is 0 Å². The van der Waals surface area contributed by atoms with Crippen LogP contribution in [-0.4, -0.2) is 33.1 Å². The number of aromatic hydroxyl groups is 1. The first-order valence-corrected chi connectivity index (χ1v) is 4.84. The summed E-state index contributed by atoms with van der Waals surface area (Å²) in [4.78, 5) is 21.8. The lowest BCUT2D eigenvalue weighted by molar-refractivity contribution is -0.131. The minimum absolute atomic E-state index is 0.00165. The van der Waals surface area contributed by atoms with Gasteiger partial charge in [-0.15, -0.1) is 0 Å². The maximum atomic E-state index is 11.1. The fourth-order valence-electron chi connectivity index (χ4n) is 1.36. The van der Waals surface area contributed by atoms with Crippen molar-refractivity contribution in [2.24, 2.45) is 5.73 Å². The Bertz CT molecular complexity index is 457. The predicted molar refractivity (Wildman–Crippen MR) is 58.3 cm³/mol. The fraction of sp³-hybridized carbons (Fsp3) is 0.273. The van der Waals surface area contributed by atoms with Crippen LogP contribution < -0.4 is 5.73 Å². The number of hydrogen-bond donors (Lipinski definition) is 4. The van der Waals surface area contributed by atoms with Crippen molar-refractivity contribution >= 4 is 11.7 Å². The third kappa shape index (κ3) is 2.80. The van der Waals surface area contributed by atoms with E-state index in [0.717, 1.165) is 0 Å². The van der Waals surface area contributed by atoms with Crippen molar-refractivity contribution in [3.63, 3.8) is 0 Å². The van der Waals surface area contributed by atoms with Gasteiger partial charge in [0.05, 0.1) is 5.56 Å². The molecule has 0 saturated carbocycles. The Kier molecular flexibility index (Phi) is 3.82. The Balaban J connectivity index is 3.11. The molecule has 6 heteroatoms. The van der Waals surface area contributed by atoms with E-state index in [-0.39, 0.29) is 16.9 Å². The normalized spacial score (nSPS) is 14.1. The summed E-state index contributed by atoms with van der Waals surface area (Å²) in [5.74, 6) is -1.71. The van der Waals surface area contributed by atoms with Crippen molar-refractivity contribution in [1.29, 1.82) is 0 Å². The van der Waals surface area contributed by atoms with Gasteiger partial charge in [-0.1, -0.05) is 6.07 Å². The van der Waals surface area contributed by atoms with Crippen molar-refractivity contribution in [3.05, 3.63) is 29.3 Å². The van der Waals surface area contributed by atoms with E-state index in [1.807, 2.05) is 0 Å². The number of carbonyl (C=O) groups excluding carboxylic acids is 2. The number of Topliss-reactive ketones (excluding diaryl/α,β-unsaturated/α-hetero) is 1. The molecule has 0 aliphatic carbocycles. The van der Waals surface area contributed by atoms with E-state index in [9.17, 15) is 24.9 Å². The molecule has 0 aromatic heterocycles. The van der Waals surface area contributed by atoms with Gasteiger partial charge >= 0.3 is 0 Å². The number of primary amides is 1. The molecule has 0 bridgehead atoms. The lowest BCUT2D eigenvalue weighted by Crippen LogP contribution is -2.33. The van der Waals surface area contributed by atoms with Crippen molar-refractivity contribution in [2.75, 3.05) is 0 Å². The summed E-state index contributed by atoms with van der Waals surface area (Å²) in [6.45, 7) is 1.25. The maximum absolute atomic E-state index is 11.1. The molecule has 1 rings (SSSR count). The Morgan fingerprint density at radius 1 is 1.29 bits per heavy atom. The van der Waals surface area contributed by atoms with Crippen molar-refractivity contribution in [2.45, 2.75) is 19.1 Å². The van der Waals surface area contributed by atoms with Crippen LogP contribution in [0.4, 0.5) is 0 Å². The third-order valence-corrected chi connectivity index (χ3v) is 2.33. The van der Waals surface area contributed by atoms with Crippen LogP contribution in [0.15, 0.2) is 18.2 Å². The van der Waals surface area contributed by atoms with Crippen LogP contribution in [0, 0.1) is 0 Å². The number of phenolic OH excluding ortho intramolecular Hbond substituents is 1. The number of aliphatic hydroxyl groups excluding tert-OH is 2. The van der Waals surface area contributed by atoms with Gasteiger partial charge in [0.25, 0.3) is 0 Å². The molecule has 17 heavy (non-hydrogen) atoms. The van der Waals surface area contributed by atoms with Crippen LogP contribution in [0.5, 0.6) is 5.75 Å². The highest BCUT2D eigenvalue weighted by Crippen LogP contribution is 2.24. The molecule has 1 aromatic carbocycles. The zero-order chi connectivity index (χ0) is 13.2. The topological polar surface area (TPSA) is 121 Å². The predicted octanol–water partition coefficient (Wildman–Crippen LogP) is -0.526. The first-order valence-electron chi connectivity index (χ1n) is 4.84. The molecule has 2 unspecified atom stereocenters. The molecule has 6 nitrogen and oxygen atoms in total. The molecular formula is C11H13NO5. The van der Waals surface area contributed by atoms with E-state index in [1.54, 1.807) is 0 Å². The lowest BCUT2D eigenvalue weighted by atomic mass is 9.99. The Labute approximate surface area is 97.3 Å². The van der Waals surface area contributed by atoms with E-state index in [4.69, 9.17) is 5.73 Å². The Hall–Kier alpha value is -1.92. The van der Waals surface area contributed by atoms with Gasteiger partial charge in [0.2, 0.25) is 5.91 Å².